The lowest BCUT2D eigenvalue weighted by molar-refractivity contribution is 0.340. The van der Waals surface area contributed by atoms with E-state index in [1.165, 1.54) is 12.1 Å². The topological polar surface area (TPSA) is 67.8 Å². The second kappa shape index (κ2) is 7.89. The van der Waals surface area contributed by atoms with Crippen molar-refractivity contribution in [3.8, 4) is 5.75 Å². The Balaban J connectivity index is 2.73. The van der Waals surface area contributed by atoms with Crippen LogP contribution in [0, 0.1) is 0 Å². The third kappa shape index (κ3) is 5.21. The van der Waals surface area contributed by atoms with Crippen molar-refractivity contribution in [1.29, 1.82) is 0 Å². The van der Waals surface area contributed by atoms with Crippen LogP contribution in [-0.4, -0.2) is 20.7 Å². The molecule has 0 aliphatic rings. The number of hydrogen-bond acceptors (Lipinski definition) is 4. The second-order valence-electron chi connectivity index (χ2n) is 4.45. The molecule has 1 rings (SSSR count). The number of sulfonamides is 1. The van der Waals surface area contributed by atoms with Crippen molar-refractivity contribution in [2.45, 2.75) is 44.9 Å². The summed E-state index contributed by atoms with van der Waals surface area (Å²) in [6, 6.07) is 6.27. The molecule has 0 amide bonds. The van der Waals surface area contributed by atoms with Gasteiger partial charge in [-0.3, -0.25) is 0 Å². The maximum atomic E-state index is 12.0. The third-order valence-corrected chi connectivity index (χ3v) is 3.92. The molecule has 1 aromatic carbocycles. The van der Waals surface area contributed by atoms with Crippen LogP contribution in [0.25, 0.3) is 0 Å². The highest BCUT2D eigenvalue weighted by atomic mass is 32.2. The summed E-state index contributed by atoms with van der Waals surface area (Å²) in [6.07, 6.45) is 2.85. The van der Waals surface area contributed by atoms with Gasteiger partial charge in [0.2, 0.25) is 0 Å². The second-order valence-corrected chi connectivity index (χ2v) is 6.11. The smallest absolute Gasteiger partial charge is 0.276 e. The zero-order valence-corrected chi connectivity index (χ0v) is 13.0. The van der Waals surface area contributed by atoms with E-state index in [1.54, 1.807) is 12.1 Å². The van der Waals surface area contributed by atoms with Crippen LogP contribution in [-0.2, 0) is 10.0 Å². The van der Waals surface area contributed by atoms with Crippen molar-refractivity contribution in [2.75, 3.05) is 6.61 Å². The van der Waals surface area contributed by atoms with Crippen LogP contribution in [0.15, 0.2) is 34.3 Å². The van der Waals surface area contributed by atoms with E-state index < -0.39 is 10.0 Å². The Bertz CT molecular complexity index is 536. The van der Waals surface area contributed by atoms with Crippen LogP contribution < -0.4 is 9.57 Å². The number of nitrogens with zero attached hydrogens (tertiary/aromatic N) is 1. The summed E-state index contributed by atoms with van der Waals surface area (Å²) >= 11 is 0. The van der Waals surface area contributed by atoms with E-state index in [0.717, 1.165) is 25.0 Å². The van der Waals surface area contributed by atoms with E-state index in [0.29, 0.717) is 12.4 Å². The van der Waals surface area contributed by atoms with Crippen LogP contribution in [0.5, 0.6) is 5.75 Å². The Morgan fingerprint density at radius 1 is 1.25 bits per heavy atom. The average molecular weight is 298 g/mol. The quantitative estimate of drug-likeness (QED) is 0.592. The fourth-order valence-electron chi connectivity index (χ4n) is 1.56. The molecule has 6 heteroatoms. The zero-order valence-electron chi connectivity index (χ0n) is 12.2. The van der Waals surface area contributed by atoms with Crippen LogP contribution in [0.2, 0.25) is 0 Å². The molecule has 0 heterocycles. The summed E-state index contributed by atoms with van der Waals surface area (Å²) in [5.74, 6) is 0.647. The lowest BCUT2D eigenvalue weighted by Crippen LogP contribution is -2.19. The minimum absolute atomic E-state index is 0.174. The summed E-state index contributed by atoms with van der Waals surface area (Å²) in [6.45, 7) is 6.32. The number of nitrogens with one attached hydrogen (secondary N) is 1. The fourth-order valence-corrected chi connectivity index (χ4v) is 2.44. The van der Waals surface area contributed by atoms with Gasteiger partial charge < -0.3 is 4.74 Å². The van der Waals surface area contributed by atoms with Gasteiger partial charge >= 0.3 is 0 Å². The molecule has 0 fully saturated rings. The maximum absolute atomic E-state index is 12.0. The first-order chi connectivity index (χ1) is 9.49. The minimum Gasteiger partial charge on any atom is -0.494 e. The van der Waals surface area contributed by atoms with Gasteiger partial charge in [0.1, 0.15) is 5.75 Å². The van der Waals surface area contributed by atoms with Crippen LogP contribution in [0.4, 0.5) is 0 Å². The van der Waals surface area contributed by atoms with E-state index in [1.807, 2.05) is 13.8 Å². The molecule has 0 atom stereocenters. The molecule has 0 spiro atoms. The van der Waals surface area contributed by atoms with Crippen molar-refractivity contribution >= 4 is 15.7 Å². The van der Waals surface area contributed by atoms with Gasteiger partial charge in [0.25, 0.3) is 10.0 Å². The van der Waals surface area contributed by atoms with Crippen molar-refractivity contribution in [1.82, 2.24) is 4.83 Å². The molecule has 0 bridgehead atoms. The van der Waals surface area contributed by atoms with Gasteiger partial charge in [0, 0.05) is 5.71 Å². The predicted molar refractivity (Wildman–Crippen MR) is 80.6 cm³/mol. The van der Waals surface area contributed by atoms with Gasteiger partial charge in [-0.15, -0.1) is 0 Å². The van der Waals surface area contributed by atoms with Gasteiger partial charge in [-0.05, 0) is 51.0 Å². The summed E-state index contributed by atoms with van der Waals surface area (Å²) in [7, 11) is -3.61. The molecule has 1 N–H and O–H groups in total. The third-order valence-electron chi connectivity index (χ3n) is 2.69. The largest absolute Gasteiger partial charge is 0.494 e. The number of ether oxygens (including phenoxy) is 1. The SMILES string of the molecule is CCCC/C(C)=N\NS(=O)(=O)c1ccc(OCC)cc1. The molecule has 1 aromatic rings. The van der Waals surface area contributed by atoms with Crippen LogP contribution >= 0.6 is 0 Å². The predicted octanol–water partition coefficient (Wildman–Crippen LogP) is 2.93. The molecule has 0 aliphatic carbocycles. The van der Waals surface area contributed by atoms with E-state index >= 15 is 0 Å². The Kier molecular flexibility index (Phi) is 6.51. The highest BCUT2D eigenvalue weighted by Gasteiger charge is 2.12. The molecular weight excluding hydrogens is 276 g/mol. The van der Waals surface area contributed by atoms with Crippen molar-refractivity contribution < 1.29 is 13.2 Å². The molecule has 0 saturated heterocycles. The molecule has 0 aromatic heterocycles. The fraction of sp³-hybridized carbons (Fsp3) is 0.500. The Hall–Kier alpha value is -1.56. The van der Waals surface area contributed by atoms with Crippen LogP contribution in [0.3, 0.4) is 0 Å². The lowest BCUT2D eigenvalue weighted by atomic mass is 10.2. The minimum atomic E-state index is -3.61. The van der Waals surface area contributed by atoms with Crippen molar-refractivity contribution in [2.24, 2.45) is 5.10 Å². The first-order valence-electron chi connectivity index (χ1n) is 6.77. The number of hydrazone groups is 1. The van der Waals surface area contributed by atoms with Gasteiger partial charge in [-0.25, -0.2) is 4.83 Å². The summed E-state index contributed by atoms with van der Waals surface area (Å²) in [4.78, 5) is 2.43. The van der Waals surface area contributed by atoms with Crippen molar-refractivity contribution in [3.63, 3.8) is 0 Å². The monoisotopic (exact) mass is 298 g/mol. The van der Waals surface area contributed by atoms with Crippen LogP contribution in [0.1, 0.15) is 40.0 Å². The number of hydrogen-bond donors (Lipinski definition) is 1. The van der Waals surface area contributed by atoms with Gasteiger partial charge in [0.15, 0.2) is 0 Å². The van der Waals surface area contributed by atoms with E-state index in [4.69, 9.17) is 4.74 Å². The number of unbranched alkanes of at least 4 members (excludes halogenated alkanes) is 1. The van der Waals surface area contributed by atoms with E-state index in [9.17, 15) is 8.42 Å². The van der Waals surface area contributed by atoms with Crippen molar-refractivity contribution in [3.05, 3.63) is 24.3 Å². The highest BCUT2D eigenvalue weighted by molar-refractivity contribution is 7.89. The maximum Gasteiger partial charge on any atom is 0.276 e. The summed E-state index contributed by atoms with van der Waals surface area (Å²) in [5.41, 5.74) is 0.779. The standard InChI is InChI=1S/C14H22N2O3S/c1-4-6-7-12(3)15-16-20(17,18)14-10-8-13(9-11-14)19-5-2/h8-11,16H,4-7H2,1-3H3/b15-12-. The van der Waals surface area contributed by atoms with Gasteiger partial charge in [-0.1, -0.05) is 13.3 Å². The first-order valence-corrected chi connectivity index (χ1v) is 8.25. The molecule has 0 aliphatic heterocycles. The highest BCUT2D eigenvalue weighted by Crippen LogP contribution is 2.15. The zero-order chi connectivity index (χ0) is 15.0. The number of benzene rings is 1. The molecule has 112 valence electrons. The molecule has 20 heavy (non-hydrogen) atoms. The Morgan fingerprint density at radius 2 is 1.90 bits per heavy atom. The molecule has 0 saturated carbocycles. The average Bonchev–Trinajstić information content (AvgIpc) is 2.44. The molecule has 0 unspecified atom stereocenters. The van der Waals surface area contributed by atoms with E-state index in [-0.39, 0.29) is 4.90 Å². The number of rotatable bonds is 8. The molecule has 0 radical (unpaired) electrons. The Labute approximate surface area is 121 Å². The van der Waals surface area contributed by atoms with E-state index in [2.05, 4.69) is 16.9 Å². The summed E-state index contributed by atoms with van der Waals surface area (Å²) < 4.78 is 29.3. The molecular formula is C14H22N2O3S. The first kappa shape index (κ1) is 16.5. The van der Waals surface area contributed by atoms with Gasteiger partial charge in [0.05, 0.1) is 11.5 Å². The molecule has 5 nitrogen and oxygen atoms in total. The Morgan fingerprint density at radius 3 is 2.45 bits per heavy atom. The normalized spacial score (nSPS) is 12.2. The van der Waals surface area contributed by atoms with Gasteiger partial charge in [-0.2, -0.15) is 13.5 Å². The summed E-state index contributed by atoms with van der Waals surface area (Å²) in [5, 5.41) is 3.92. The lowest BCUT2D eigenvalue weighted by Gasteiger charge is -2.06.